The molecule has 0 amide bonds. The minimum atomic E-state index is -4.67. The fourth-order valence-corrected chi connectivity index (χ4v) is 0. The Bertz CT molecular complexity index is 285. The van der Waals surface area contributed by atoms with E-state index in [4.69, 9.17) is 40.3 Å². The van der Waals surface area contributed by atoms with Crippen LogP contribution in [0.4, 0.5) is 0 Å². The Labute approximate surface area is 74.8 Å². The van der Waals surface area contributed by atoms with Gasteiger partial charge in [-0.05, 0) is 0 Å². The largest absolute Gasteiger partial charge is 0.394 e. The van der Waals surface area contributed by atoms with Crippen molar-refractivity contribution >= 4 is 20.8 Å². The smallest absolute Gasteiger partial charge is 0.264 e. The van der Waals surface area contributed by atoms with Gasteiger partial charge in [-0.2, -0.15) is 22.1 Å². The van der Waals surface area contributed by atoms with E-state index in [1.807, 2.05) is 0 Å². The zero-order valence-corrected chi connectivity index (χ0v) is 7.82. The minimum Gasteiger partial charge on any atom is -0.264 e. The molecular weight excluding hydrogens is 230 g/mol. The van der Waals surface area contributed by atoms with Crippen LogP contribution in [0.3, 0.4) is 0 Å². The van der Waals surface area contributed by atoms with Gasteiger partial charge in [0, 0.05) is 6.92 Å². The summed E-state index contributed by atoms with van der Waals surface area (Å²) in [6.45, 7) is 1.43. The van der Waals surface area contributed by atoms with Crippen LogP contribution in [0.15, 0.2) is 0 Å². The monoisotopic (exact) mass is 237 g/mol. The number of rotatable bonds is 0. The second-order valence-corrected chi connectivity index (χ2v) is 2.91. The highest BCUT2D eigenvalue weighted by Gasteiger charge is 1.85. The van der Waals surface area contributed by atoms with Crippen molar-refractivity contribution in [3.8, 4) is 6.07 Å². The molecule has 0 aliphatic rings. The van der Waals surface area contributed by atoms with Crippen LogP contribution in [0, 0.1) is 11.3 Å². The third-order valence-corrected chi connectivity index (χ3v) is 0. The summed E-state index contributed by atoms with van der Waals surface area (Å²) in [4.78, 5) is 0. The van der Waals surface area contributed by atoms with Gasteiger partial charge in [-0.1, -0.05) is 0 Å². The molecule has 0 aromatic heterocycles. The maximum atomic E-state index is 8.74. The van der Waals surface area contributed by atoms with Gasteiger partial charge in [0.25, 0.3) is 0 Å². The number of nitrogens with zero attached hydrogens (tertiary/aromatic N) is 1. The normalized spacial score (nSPS) is 9.54. The third-order valence-electron chi connectivity index (χ3n) is 0. The minimum absolute atomic E-state index is 1.43. The van der Waals surface area contributed by atoms with E-state index >= 15 is 0 Å². The van der Waals surface area contributed by atoms with Gasteiger partial charge in [0.2, 0.25) is 0 Å². The van der Waals surface area contributed by atoms with E-state index < -0.39 is 20.8 Å². The van der Waals surface area contributed by atoms with Gasteiger partial charge in [-0.25, -0.2) is 0 Å². The highest BCUT2D eigenvalue weighted by molar-refractivity contribution is 7.80. The molecule has 0 aliphatic carbocycles. The molecule has 0 aromatic carbocycles. The highest BCUT2D eigenvalue weighted by atomic mass is 32.3. The molecule has 0 aromatic rings. The lowest BCUT2D eigenvalue weighted by Gasteiger charge is -1.68. The molecule has 0 unspecified atom stereocenters. The summed E-state index contributed by atoms with van der Waals surface area (Å²) in [6.07, 6.45) is 0. The van der Waals surface area contributed by atoms with E-state index in [-0.39, 0.29) is 0 Å². The highest BCUT2D eigenvalue weighted by Crippen LogP contribution is 1.59. The SMILES string of the molecule is CC#N.O=S(=O)(O)O.O=S(=O)(O)O. The van der Waals surface area contributed by atoms with Gasteiger partial charge in [0.15, 0.2) is 0 Å². The molecule has 0 spiro atoms. The molecule has 0 saturated heterocycles. The standard InChI is InChI=1S/C2H3N.2H2O4S/c1-2-3;2*1-5(2,3)4/h1H3;2*(H2,1,2,3,4). The number of nitriles is 1. The Balaban J connectivity index is -0.000000120. The van der Waals surface area contributed by atoms with Crippen molar-refractivity contribution in [1.29, 1.82) is 5.26 Å². The van der Waals surface area contributed by atoms with E-state index in [0.717, 1.165) is 0 Å². The second kappa shape index (κ2) is 7.86. The lowest BCUT2D eigenvalue weighted by atomic mass is 11.0. The molecule has 0 bridgehead atoms. The first-order valence-corrected chi connectivity index (χ1v) is 4.91. The second-order valence-electron chi connectivity index (χ2n) is 1.12. The predicted octanol–water partition coefficient (Wildman–Crippen LogP) is -0.776. The van der Waals surface area contributed by atoms with Gasteiger partial charge in [0.1, 0.15) is 0 Å². The molecule has 0 saturated carbocycles. The average Bonchev–Trinajstić information content (AvgIpc) is 1.52. The van der Waals surface area contributed by atoms with Crippen LogP contribution in [0.2, 0.25) is 0 Å². The summed E-state index contributed by atoms with van der Waals surface area (Å²) >= 11 is 0. The maximum Gasteiger partial charge on any atom is 0.394 e. The molecule has 0 radical (unpaired) electrons. The van der Waals surface area contributed by atoms with E-state index in [1.165, 1.54) is 6.92 Å². The Morgan fingerprint density at radius 1 is 0.923 bits per heavy atom. The van der Waals surface area contributed by atoms with Crippen LogP contribution in [0.1, 0.15) is 6.92 Å². The maximum absolute atomic E-state index is 8.74. The summed E-state index contributed by atoms with van der Waals surface area (Å²) in [6, 6.07) is 1.75. The Morgan fingerprint density at radius 3 is 0.923 bits per heavy atom. The van der Waals surface area contributed by atoms with Crippen LogP contribution in [0.5, 0.6) is 0 Å². The first kappa shape index (κ1) is 18.1. The fraction of sp³-hybridized carbons (Fsp3) is 0.500. The van der Waals surface area contributed by atoms with Gasteiger partial charge < -0.3 is 0 Å². The zero-order valence-electron chi connectivity index (χ0n) is 6.19. The molecule has 13 heavy (non-hydrogen) atoms. The van der Waals surface area contributed by atoms with Gasteiger partial charge in [0.05, 0.1) is 6.07 Å². The van der Waals surface area contributed by atoms with E-state index in [2.05, 4.69) is 0 Å². The first-order chi connectivity index (χ1) is 5.41. The molecule has 0 aliphatic heterocycles. The molecular formula is C2H7NO8S2. The molecule has 4 N–H and O–H groups in total. The van der Waals surface area contributed by atoms with Crippen molar-refractivity contribution in [2.75, 3.05) is 0 Å². The summed E-state index contributed by atoms with van der Waals surface area (Å²) in [5, 5.41) is 7.32. The third kappa shape index (κ3) is 1610. The van der Waals surface area contributed by atoms with Crippen LogP contribution in [-0.2, 0) is 20.8 Å². The molecule has 0 heterocycles. The average molecular weight is 237 g/mol. The summed E-state index contributed by atoms with van der Waals surface area (Å²) in [5.41, 5.74) is 0. The zero-order chi connectivity index (χ0) is 11.7. The predicted molar refractivity (Wildman–Crippen MR) is 39.6 cm³/mol. The van der Waals surface area contributed by atoms with E-state index in [0.29, 0.717) is 0 Å². The molecule has 0 fully saturated rings. The van der Waals surface area contributed by atoms with Crippen LogP contribution in [0.25, 0.3) is 0 Å². The number of hydrogen-bond acceptors (Lipinski definition) is 5. The number of hydrogen-bond donors (Lipinski definition) is 4. The van der Waals surface area contributed by atoms with E-state index in [1.54, 1.807) is 6.07 Å². The molecule has 9 nitrogen and oxygen atoms in total. The van der Waals surface area contributed by atoms with Crippen molar-refractivity contribution in [1.82, 2.24) is 0 Å². The van der Waals surface area contributed by atoms with Gasteiger partial charge in [-0.3, -0.25) is 18.2 Å². The Hall–Kier alpha value is -0.770. The lowest BCUT2D eigenvalue weighted by Crippen LogP contribution is -1.89. The Kier molecular flexibility index (Phi) is 10.9. The van der Waals surface area contributed by atoms with Crippen molar-refractivity contribution in [3.05, 3.63) is 0 Å². The molecule has 11 heteroatoms. The van der Waals surface area contributed by atoms with Crippen molar-refractivity contribution in [3.63, 3.8) is 0 Å². The summed E-state index contributed by atoms with van der Waals surface area (Å²) in [7, 11) is -9.33. The van der Waals surface area contributed by atoms with Crippen LogP contribution in [-0.4, -0.2) is 35.0 Å². The summed E-state index contributed by atoms with van der Waals surface area (Å²) in [5.74, 6) is 0. The topological polar surface area (TPSA) is 173 Å². The van der Waals surface area contributed by atoms with E-state index in [9.17, 15) is 0 Å². The molecule has 0 rings (SSSR count). The quantitative estimate of drug-likeness (QED) is 0.394. The van der Waals surface area contributed by atoms with Crippen LogP contribution < -0.4 is 0 Å². The van der Waals surface area contributed by atoms with Crippen molar-refractivity contribution < 1.29 is 35.0 Å². The first-order valence-electron chi connectivity index (χ1n) is 2.12. The van der Waals surface area contributed by atoms with Gasteiger partial charge in [-0.15, -0.1) is 0 Å². The Morgan fingerprint density at radius 2 is 0.923 bits per heavy atom. The van der Waals surface area contributed by atoms with Crippen molar-refractivity contribution in [2.24, 2.45) is 0 Å². The van der Waals surface area contributed by atoms with Gasteiger partial charge >= 0.3 is 20.8 Å². The van der Waals surface area contributed by atoms with Crippen LogP contribution >= 0.6 is 0 Å². The molecule has 80 valence electrons. The molecule has 0 atom stereocenters. The lowest BCUT2D eigenvalue weighted by molar-refractivity contribution is 0.378. The fourth-order valence-electron chi connectivity index (χ4n) is 0. The van der Waals surface area contributed by atoms with Crippen molar-refractivity contribution in [2.45, 2.75) is 6.92 Å². The summed E-state index contributed by atoms with van der Waals surface area (Å²) < 4.78 is 63.2.